The molecule has 0 aliphatic rings. The van der Waals surface area contributed by atoms with Gasteiger partial charge in [0.2, 0.25) is 0 Å². The van der Waals surface area contributed by atoms with Crippen LogP contribution in [0.1, 0.15) is 0 Å². The van der Waals surface area contributed by atoms with Gasteiger partial charge in [-0.2, -0.15) is 5.10 Å². The van der Waals surface area contributed by atoms with Crippen molar-refractivity contribution in [3.63, 3.8) is 0 Å². The van der Waals surface area contributed by atoms with Crippen molar-refractivity contribution >= 4 is 5.82 Å². The molecule has 0 spiro atoms. The summed E-state index contributed by atoms with van der Waals surface area (Å²) in [6, 6.07) is 7.11. The van der Waals surface area contributed by atoms with Gasteiger partial charge in [0.05, 0.1) is 11.3 Å². The second kappa shape index (κ2) is 4.65. The van der Waals surface area contributed by atoms with Gasteiger partial charge in [0, 0.05) is 37.3 Å². The molecule has 3 heterocycles. The van der Waals surface area contributed by atoms with Gasteiger partial charge in [-0.25, -0.2) is 0 Å². The number of anilines is 1. The standard InChI is InChI=1S/C14H13N5O/c1-19-7-4-10(8-11(19)20)13-12(14(15)18-17-13)9-2-5-16-6-3-9/h2-8H,1H3,(H3,15,17,18). The molecule has 3 rings (SSSR count). The summed E-state index contributed by atoms with van der Waals surface area (Å²) in [6.07, 6.45) is 5.09. The third kappa shape index (κ3) is 1.97. The van der Waals surface area contributed by atoms with Crippen LogP contribution in [0, 0.1) is 0 Å². The van der Waals surface area contributed by atoms with Crippen LogP contribution >= 0.6 is 0 Å². The van der Waals surface area contributed by atoms with Gasteiger partial charge in [-0.3, -0.25) is 14.9 Å². The van der Waals surface area contributed by atoms with Crippen LogP contribution in [-0.2, 0) is 7.05 Å². The highest BCUT2D eigenvalue weighted by atomic mass is 16.1. The molecule has 6 heteroatoms. The van der Waals surface area contributed by atoms with Gasteiger partial charge in [0.15, 0.2) is 5.82 Å². The van der Waals surface area contributed by atoms with E-state index in [9.17, 15) is 4.79 Å². The highest BCUT2D eigenvalue weighted by molar-refractivity contribution is 5.87. The van der Waals surface area contributed by atoms with Gasteiger partial charge in [0.1, 0.15) is 0 Å². The average Bonchev–Trinajstić information content (AvgIpc) is 2.85. The average molecular weight is 267 g/mol. The molecular weight excluding hydrogens is 254 g/mol. The first kappa shape index (κ1) is 12.2. The summed E-state index contributed by atoms with van der Waals surface area (Å²) in [7, 11) is 1.71. The number of aromatic nitrogens is 4. The lowest BCUT2D eigenvalue weighted by Gasteiger charge is -2.05. The Kier molecular flexibility index (Phi) is 2.83. The first-order valence-electron chi connectivity index (χ1n) is 6.08. The molecule has 20 heavy (non-hydrogen) atoms. The molecule has 0 fully saturated rings. The molecule has 0 aliphatic carbocycles. The smallest absolute Gasteiger partial charge is 0.250 e. The lowest BCUT2D eigenvalue weighted by Crippen LogP contribution is -2.14. The van der Waals surface area contributed by atoms with Crippen molar-refractivity contribution in [2.75, 3.05) is 5.73 Å². The van der Waals surface area contributed by atoms with Gasteiger partial charge >= 0.3 is 0 Å². The number of nitrogens with one attached hydrogen (secondary N) is 1. The Morgan fingerprint density at radius 1 is 1.20 bits per heavy atom. The number of aryl methyl sites for hydroxylation is 1. The van der Waals surface area contributed by atoms with Gasteiger partial charge in [0.25, 0.3) is 5.56 Å². The molecule has 3 N–H and O–H groups in total. The van der Waals surface area contributed by atoms with Crippen molar-refractivity contribution in [1.82, 2.24) is 19.7 Å². The number of pyridine rings is 2. The van der Waals surface area contributed by atoms with Crippen molar-refractivity contribution in [2.24, 2.45) is 7.05 Å². The van der Waals surface area contributed by atoms with E-state index in [4.69, 9.17) is 5.73 Å². The minimum absolute atomic E-state index is 0.0867. The van der Waals surface area contributed by atoms with E-state index >= 15 is 0 Å². The Bertz CT molecular complexity index is 804. The van der Waals surface area contributed by atoms with Crippen molar-refractivity contribution in [3.8, 4) is 22.4 Å². The second-order valence-corrected chi connectivity index (χ2v) is 4.46. The maximum absolute atomic E-state index is 11.8. The largest absolute Gasteiger partial charge is 0.382 e. The maximum atomic E-state index is 11.8. The number of nitrogen functional groups attached to an aromatic ring is 1. The number of hydrogen-bond donors (Lipinski definition) is 2. The Hall–Kier alpha value is -2.89. The fourth-order valence-corrected chi connectivity index (χ4v) is 2.08. The minimum Gasteiger partial charge on any atom is -0.382 e. The molecule has 0 unspecified atom stereocenters. The summed E-state index contributed by atoms with van der Waals surface area (Å²) in [5.41, 5.74) is 9.01. The molecule has 0 saturated heterocycles. The third-order valence-electron chi connectivity index (χ3n) is 3.16. The lowest BCUT2D eigenvalue weighted by atomic mass is 10.0. The highest BCUT2D eigenvalue weighted by Gasteiger charge is 2.15. The van der Waals surface area contributed by atoms with Gasteiger partial charge in [-0.15, -0.1) is 0 Å². The van der Waals surface area contributed by atoms with Crippen molar-refractivity contribution in [1.29, 1.82) is 0 Å². The molecule has 6 nitrogen and oxygen atoms in total. The monoisotopic (exact) mass is 267 g/mol. The van der Waals surface area contributed by atoms with E-state index in [1.165, 1.54) is 4.57 Å². The number of rotatable bonds is 2. The molecule has 0 atom stereocenters. The van der Waals surface area contributed by atoms with Crippen molar-refractivity contribution in [3.05, 3.63) is 53.2 Å². The van der Waals surface area contributed by atoms with Crippen LogP contribution in [0.25, 0.3) is 22.4 Å². The molecule has 0 radical (unpaired) electrons. The lowest BCUT2D eigenvalue weighted by molar-refractivity contribution is 0.861. The topological polar surface area (TPSA) is 89.6 Å². The van der Waals surface area contributed by atoms with Crippen LogP contribution in [0.2, 0.25) is 0 Å². The molecule has 0 amide bonds. The summed E-state index contributed by atoms with van der Waals surface area (Å²) >= 11 is 0. The van der Waals surface area contributed by atoms with E-state index in [1.807, 2.05) is 18.2 Å². The number of hydrogen-bond acceptors (Lipinski definition) is 4. The predicted molar refractivity (Wildman–Crippen MR) is 76.9 cm³/mol. The Labute approximate surface area is 114 Å². The van der Waals surface area contributed by atoms with Crippen LogP contribution in [0.3, 0.4) is 0 Å². The van der Waals surface area contributed by atoms with Gasteiger partial charge < -0.3 is 10.3 Å². The molecule has 0 bridgehead atoms. The molecule has 100 valence electrons. The SMILES string of the molecule is Cn1ccc(-c2[nH]nc(N)c2-c2ccncc2)cc1=O. The van der Waals surface area contributed by atoms with E-state index in [-0.39, 0.29) is 5.56 Å². The zero-order chi connectivity index (χ0) is 14.1. The molecule has 0 aliphatic heterocycles. The maximum Gasteiger partial charge on any atom is 0.250 e. The van der Waals surface area contributed by atoms with Crippen LogP contribution < -0.4 is 11.3 Å². The van der Waals surface area contributed by atoms with E-state index < -0.39 is 0 Å². The summed E-state index contributed by atoms with van der Waals surface area (Å²) in [5.74, 6) is 0.395. The normalized spacial score (nSPS) is 10.7. The van der Waals surface area contributed by atoms with Crippen molar-refractivity contribution < 1.29 is 0 Å². The Morgan fingerprint density at radius 2 is 1.95 bits per heavy atom. The van der Waals surface area contributed by atoms with E-state index in [0.717, 1.165) is 22.4 Å². The summed E-state index contributed by atoms with van der Waals surface area (Å²) < 4.78 is 1.51. The van der Waals surface area contributed by atoms with E-state index in [0.29, 0.717) is 5.82 Å². The zero-order valence-electron chi connectivity index (χ0n) is 10.9. The number of H-pyrrole nitrogens is 1. The molecule has 0 saturated carbocycles. The third-order valence-corrected chi connectivity index (χ3v) is 3.16. The number of aromatic amines is 1. The van der Waals surface area contributed by atoms with Crippen LogP contribution in [0.5, 0.6) is 0 Å². The second-order valence-electron chi connectivity index (χ2n) is 4.46. The first-order chi connectivity index (χ1) is 9.66. The Morgan fingerprint density at radius 3 is 2.65 bits per heavy atom. The van der Waals surface area contributed by atoms with Gasteiger partial charge in [-0.05, 0) is 23.8 Å². The molecular formula is C14H13N5O. The summed E-state index contributed by atoms with van der Waals surface area (Å²) in [4.78, 5) is 15.7. The predicted octanol–water partition coefficient (Wildman–Crippen LogP) is 1.42. The van der Waals surface area contributed by atoms with Crippen LogP contribution in [0.15, 0.2) is 47.7 Å². The molecule has 0 aromatic carbocycles. The van der Waals surface area contributed by atoms with Crippen LogP contribution in [0.4, 0.5) is 5.82 Å². The fourth-order valence-electron chi connectivity index (χ4n) is 2.08. The minimum atomic E-state index is -0.0867. The molecule has 3 aromatic rings. The zero-order valence-corrected chi connectivity index (χ0v) is 10.9. The van der Waals surface area contributed by atoms with Gasteiger partial charge in [-0.1, -0.05) is 0 Å². The number of nitrogens with two attached hydrogens (primary N) is 1. The number of nitrogens with zero attached hydrogens (tertiary/aromatic N) is 3. The van der Waals surface area contributed by atoms with Crippen molar-refractivity contribution in [2.45, 2.75) is 0 Å². The van der Waals surface area contributed by atoms with E-state index in [2.05, 4.69) is 15.2 Å². The van der Waals surface area contributed by atoms with E-state index in [1.54, 1.807) is 31.7 Å². The highest BCUT2D eigenvalue weighted by Crippen LogP contribution is 2.33. The Balaban J connectivity index is 2.21. The molecule has 3 aromatic heterocycles. The fraction of sp³-hybridized carbons (Fsp3) is 0.0714. The first-order valence-corrected chi connectivity index (χ1v) is 6.08. The quantitative estimate of drug-likeness (QED) is 0.734. The summed E-state index contributed by atoms with van der Waals surface area (Å²) in [5, 5.41) is 6.94. The summed E-state index contributed by atoms with van der Waals surface area (Å²) in [6.45, 7) is 0. The van der Waals surface area contributed by atoms with Crippen LogP contribution in [-0.4, -0.2) is 19.7 Å².